The van der Waals surface area contributed by atoms with Gasteiger partial charge in [0.1, 0.15) is 5.60 Å². The molecular weight excluding hydrogens is 284 g/mol. The number of urea groups is 1. The van der Waals surface area contributed by atoms with E-state index >= 15 is 0 Å². The first-order valence-corrected chi connectivity index (χ1v) is 7.60. The Labute approximate surface area is 134 Å². The fraction of sp³-hybridized carbons (Fsp3) is 0.867. The lowest BCUT2D eigenvalue weighted by molar-refractivity contribution is 0.0236. The third-order valence-electron chi connectivity index (χ3n) is 3.37. The maximum Gasteiger partial charge on any atom is 0.410 e. The van der Waals surface area contributed by atoms with E-state index in [2.05, 4.69) is 10.6 Å². The lowest BCUT2D eigenvalue weighted by atomic mass is 10.2. The van der Waals surface area contributed by atoms with Gasteiger partial charge in [0.25, 0.3) is 0 Å². The fourth-order valence-corrected chi connectivity index (χ4v) is 1.64. The standard InChI is InChI=1S/C15H32N4O3/c1-11(9-16-6)18(7)13(20)17-10-12(2)19(8)14(21)22-15(3,4)5/h11-12,16H,9-10H2,1-8H3,(H,17,20). The summed E-state index contributed by atoms with van der Waals surface area (Å²) in [6.07, 6.45) is -0.397. The quantitative estimate of drug-likeness (QED) is 0.778. The van der Waals surface area contributed by atoms with Gasteiger partial charge in [-0.05, 0) is 41.7 Å². The molecule has 0 rings (SSSR count). The van der Waals surface area contributed by atoms with Crippen LogP contribution in [0, 0.1) is 0 Å². The molecule has 2 unspecified atom stereocenters. The van der Waals surface area contributed by atoms with Gasteiger partial charge >= 0.3 is 12.1 Å². The molecule has 2 atom stereocenters. The van der Waals surface area contributed by atoms with Crippen LogP contribution < -0.4 is 10.6 Å². The highest BCUT2D eigenvalue weighted by molar-refractivity contribution is 5.74. The molecule has 0 fully saturated rings. The van der Waals surface area contributed by atoms with E-state index in [9.17, 15) is 9.59 Å². The first-order valence-electron chi connectivity index (χ1n) is 7.60. The number of rotatable bonds is 6. The zero-order valence-corrected chi connectivity index (χ0v) is 15.2. The van der Waals surface area contributed by atoms with Crippen molar-refractivity contribution in [2.45, 2.75) is 52.3 Å². The molecule has 2 N–H and O–H groups in total. The Morgan fingerprint density at radius 1 is 1.05 bits per heavy atom. The number of nitrogens with zero attached hydrogens (tertiary/aromatic N) is 2. The minimum atomic E-state index is -0.531. The predicted molar refractivity (Wildman–Crippen MR) is 88.0 cm³/mol. The first kappa shape index (κ1) is 20.5. The molecule has 130 valence electrons. The SMILES string of the molecule is CNCC(C)N(C)C(=O)NCC(C)N(C)C(=O)OC(C)(C)C. The molecule has 0 saturated carbocycles. The monoisotopic (exact) mass is 316 g/mol. The molecule has 0 aliphatic carbocycles. The molecule has 0 aromatic carbocycles. The van der Waals surface area contributed by atoms with Gasteiger partial charge in [0.2, 0.25) is 0 Å². The van der Waals surface area contributed by atoms with Crippen LogP contribution in [0.3, 0.4) is 0 Å². The van der Waals surface area contributed by atoms with E-state index in [1.165, 1.54) is 4.90 Å². The van der Waals surface area contributed by atoms with Crippen molar-refractivity contribution in [3.05, 3.63) is 0 Å². The molecule has 7 nitrogen and oxygen atoms in total. The number of likely N-dealkylation sites (N-methyl/N-ethyl adjacent to an activating group) is 3. The number of amides is 3. The van der Waals surface area contributed by atoms with Crippen LogP contribution in [0.4, 0.5) is 9.59 Å². The molecule has 0 aromatic rings. The maximum atomic E-state index is 12.0. The van der Waals surface area contributed by atoms with Crippen molar-refractivity contribution in [3.8, 4) is 0 Å². The van der Waals surface area contributed by atoms with Gasteiger partial charge in [-0.1, -0.05) is 0 Å². The Bertz CT molecular complexity index is 368. The topological polar surface area (TPSA) is 73.9 Å². The Hall–Kier alpha value is -1.50. The summed E-state index contributed by atoms with van der Waals surface area (Å²) in [6.45, 7) is 10.4. The number of hydrogen-bond donors (Lipinski definition) is 2. The van der Waals surface area contributed by atoms with Crippen LogP contribution in [0.25, 0.3) is 0 Å². The molecule has 0 saturated heterocycles. The molecule has 0 bridgehead atoms. The highest BCUT2D eigenvalue weighted by Crippen LogP contribution is 2.10. The summed E-state index contributed by atoms with van der Waals surface area (Å²) in [5.41, 5.74) is -0.531. The summed E-state index contributed by atoms with van der Waals surface area (Å²) in [6, 6.07) is -0.233. The largest absolute Gasteiger partial charge is 0.444 e. The molecular formula is C15H32N4O3. The summed E-state index contributed by atoms with van der Waals surface area (Å²) in [7, 11) is 5.26. The van der Waals surface area contributed by atoms with Crippen molar-refractivity contribution in [1.29, 1.82) is 0 Å². The van der Waals surface area contributed by atoms with E-state index in [0.29, 0.717) is 6.54 Å². The second-order valence-electron chi connectivity index (χ2n) is 6.64. The Morgan fingerprint density at radius 2 is 1.55 bits per heavy atom. The Kier molecular flexibility index (Phi) is 8.22. The molecule has 3 amide bonds. The number of nitrogens with one attached hydrogen (secondary N) is 2. The molecule has 0 spiro atoms. The van der Waals surface area contributed by atoms with Crippen molar-refractivity contribution in [2.75, 3.05) is 34.2 Å². The summed E-state index contributed by atoms with van der Waals surface area (Å²) < 4.78 is 5.30. The van der Waals surface area contributed by atoms with Gasteiger partial charge in [-0.15, -0.1) is 0 Å². The van der Waals surface area contributed by atoms with Gasteiger partial charge in [0, 0.05) is 39.3 Å². The van der Waals surface area contributed by atoms with E-state index in [1.54, 1.807) is 19.0 Å². The average Bonchev–Trinajstić information content (AvgIpc) is 2.40. The average molecular weight is 316 g/mol. The molecule has 0 aromatic heterocycles. The zero-order valence-electron chi connectivity index (χ0n) is 15.2. The third kappa shape index (κ3) is 7.49. The van der Waals surface area contributed by atoms with Gasteiger partial charge < -0.3 is 25.2 Å². The minimum Gasteiger partial charge on any atom is -0.444 e. The van der Waals surface area contributed by atoms with Crippen molar-refractivity contribution >= 4 is 12.1 Å². The molecule has 0 heterocycles. The van der Waals surface area contributed by atoms with E-state index in [1.807, 2.05) is 41.7 Å². The van der Waals surface area contributed by atoms with Gasteiger partial charge in [0.05, 0.1) is 0 Å². The smallest absolute Gasteiger partial charge is 0.410 e. The Morgan fingerprint density at radius 3 is 2.00 bits per heavy atom. The van der Waals surface area contributed by atoms with Crippen molar-refractivity contribution in [2.24, 2.45) is 0 Å². The summed E-state index contributed by atoms with van der Waals surface area (Å²) in [4.78, 5) is 27.1. The number of carbonyl (C=O) groups is 2. The van der Waals surface area contributed by atoms with Crippen molar-refractivity contribution < 1.29 is 14.3 Å². The summed E-state index contributed by atoms with van der Waals surface area (Å²) in [5.74, 6) is 0. The zero-order chi connectivity index (χ0) is 17.5. The maximum absolute atomic E-state index is 12.0. The van der Waals surface area contributed by atoms with Gasteiger partial charge in [-0.2, -0.15) is 0 Å². The van der Waals surface area contributed by atoms with Crippen molar-refractivity contribution in [3.63, 3.8) is 0 Å². The number of hydrogen-bond acceptors (Lipinski definition) is 4. The molecule has 7 heteroatoms. The molecule has 22 heavy (non-hydrogen) atoms. The van der Waals surface area contributed by atoms with Crippen LogP contribution in [-0.2, 0) is 4.74 Å². The van der Waals surface area contributed by atoms with Crippen LogP contribution >= 0.6 is 0 Å². The van der Waals surface area contributed by atoms with E-state index in [0.717, 1.165) is 6.54 Å². The predicted octanol–water partition coefficient (Wildman–Crippen LogP) is 1.49. The van der Waals surface area contributed by atoms with Gasteiger partial charge in [-0.25, -0.2) is 9.59 Å². The highest BCUT2D eigenvalue weighted by Gasteiger charge is 2.23. The summed E-state index contributed by atoms with van der Waals surface area (Å²) in [5, 5.41) is 5.86. The van der Waals surface area contributed by atoms with E-state index < -0.39 is 11.7 Å². The van der Waals surface area contributed by atoms with Crippen LogP contribution in [0.1, 0.15) is 34.6 Å². The molecule has 0 aliphatic heterocycles. The van der Waals surface area contributed by atoms with Gasteiger partial charge in [-0.3, -0.25) is 0 Å². The van der Waals surface area contributed by atoms with Crippen molar-refractivity contribution in [1.82, 2.24) is 20.4 Å². The van der Waals surface area contributed by atoms with E-state index in [-0.39, 0.29) is 18.1 Å². The number of ether oxygens (including phenoxy) is 1. The Balaban J connectivity index is 4.34. The van der Waals surface area contributed by atoms with Crippen LogP contribution in [0.5, 0.6) is 0 Å². The highest BCUT2D eigenvalue weighted by atomic mass is 16.6. The molecule has 0 aliphatic rings. The second-order valence-corrected chi connectivity index (χ2v) is 6.64. The van der Waals surface area contributed by atoms with Crippen LogP contribution in [0.15, 0.2) is 0 Å². The normalized spacial score (nSPS) is 14.0. The van der Waals surface area contributed by atoms with Gasteiger partial charge in [0.15, 0.2) is 0 Å². The fourth-order valence-electron chi connectivity index (χ4n) is 1.64. The second kappa shape index (κ2) is 8.82. The van der Waals surface area contributed by atoms with Crippen LogP contribution in [-0.4, -0.2) is 73.8 Å². The minimum absolute atomic E-state index is 0.0869. The number of carbonyl (C=O) groups excluding carboxylic acids is 2. The lowest BCUT2D eigenvalue weighted by Crippen LogP contribution is -2.50. The summed E-state index contributed by atoms with van der Waals surface area (Å²) >= 11 is 0. The lowest BCUT2D eigenvalue weighted by Gasteiger charge is -2.30. The molecule has 0 radical (unpaired) electrons. The van der Waals surface area contributed by atoms with E-state index in [4.69, 9.17) is 4.74 Å². The first-order chi connectivity index (χ1) is 9.99. The van der Waals surface area contributed by atoms with Crippen LogP contribution in [0.2, 0.25) is 0 Å². The third-order valence-corrected chi connectivity index (χ3v) is 3.37.